The fraction of sp³-hybridized carbons (Fsp3) is 0.625. The first-order valence-electron chi connectivity index (χ1n) is 6.57. The van der Waals surface area contributed by atoms with E-state index in [-0.39, 0.29) is 0 Å². The minimum atomic E-state index is 1.19. The van der Waals surface area contributed by atoms with E-state index >= 15 is 0 Å². The summed E-state index contributed by atoms with van der Waals surface area (Å²) in [5, 5.41) is 0. The summed E-state index contributed by atoms with van der Waals surface area (Å²) in [6.45, 7) is 8.84. The van der Waals surface area contributed by atoms with Crippen LogP contribution in [0.25, 0.3) is 0 Å². The van der Waals surface area contributed by atoms with Crippen LogP contribution in [0, 0.1) is 0 Å². The van der Waals surface area contributed by atoms with Gasteiger partial charge in [0.2, 0.25) is 0 Å². The fourth-order valence-corrected chi connectivity index (χ4v) is 1.95. The van der Waals surface area contributed by atoms with Gasteiger partial charge in [-0.05, 0) is 59.8 Å². The predicted octanol–water partition coefficient (Wildman–Crippen LogP) is 6.23. The second-order valence-corrected chi connectivity index (χ2v) is 6.02. The Labute approximate surface area is 121 Å². The molecule has 0 aliphatic rings. The van der Waals surface area contributed by atoms with Gasteiger partial charge in [-0.2, -0.15) is 0 Å². The topological polar surface area (TPSA) is 0 Å². The van der Waals surface area contributed by atoms with Crippen molar-refractivity contribution in [2.24, 2.45) is 0 Å². The molecule has 0 heterocycles. The molecule has 0 unspecified atom stereocenters. The van der Waals surface area contributed by atoms with E-state index in [1.54, 1.807) is 0 Å². The molecule has 0 saturated heterocycles. The van der Waals surface area contributed by atoms with Gasteiger partial charge in [-0.15, -0.1) is 0 Å². The molecule has 0 amide bonds. The van der Waals surface area contributed by atoms with Crippen molar-refractivity contribution >= 4 is 22.6 Å². The van der Waals surface area contributed by atoms with E-state index in [9.17, 15) is 0 Å². The average molecular weight is 346 g/mol. The summed E-state index contributed by atoms with van der Waals surface area (Å²) in [4.78, 5) is 0. The Morgan fingerprint density at radius 3 is 1.71 bits per heavy atom. The van der Waals surface area contributed by atoms with Gasteiger partial charge in [-0.3, -0.25) is 0 Å². The van der Waals surface area contributed by atoms with E-state index in [1.165, 1.54) is 53.3 Å². The Morgan fingerprint density at radius 2 is 1.24 bits per heavy atom. The third-order valence-electron chi connectivity index (χ3n) is 2.72. The zero-order chi connectivity index (χ0) is 13.1. The molecule has 0 saturated carbocycles. The quantitative estimate of drug-likeness (QED) is 0.278. The van der Waals surface area contributed by atoms with Crippen molar-refractivity contribution < 1.29 is 0 Å². The molecule has 0 bridgehead atoms. The van der Waals surface area contributed by atoms with Crippen LogP contribution < -0.4 is 0 Å². The molecule has 0 atom stereocenters. The summed E-state index contributed by atoms with van der Waals surface area (Å²) in [5.41, 5.74) is 4.49. The highest BCUT2D eigenvalue weighted by atomic mass is 127. The second-order valence-electron chi connectivity index (χ2n) is 4.94. The Bertz CT molecular complexity index is 278. The van der Waals surface area contributed by atoms with Gasteiger partial charge < -0.3 is 0 Å². The maximum atomic E-state index is 2.43. The first kappa shape index (κ1) is 16.9. The lowest BCUT2D eigenvalue weighted by Crippen LogP contribution is -1.81. The van der Waals surface area contributed by atoms with Crippen molar-refractivity contribution in [2.75, 3.05) is 4.43 Å². The maximum absolute atomic E-state index is 2.43. The summed E-state index contributed by atoms with van der Waals surface area (Å²) in [7, 11) is 0. The van der Waals surface area contributed by atoms with E-state index in [2.05, 4.69) is 68.5 Å². The van der Waals surface area contributed by atoms with Crippen LogP contribution in [0.2, 0.25) is 0 Å². The van der Waals surface area contributed by atoms with Gasteiger partial charge in [0.05, 0.1) is 0 Å². The molecule has 0 aliphatic heterocycles. The van der Waals surface area contributed by atoms with Crippen molar-refractivity contribution in [1.82, 2.24) is 0 Å². The Morgan fingerprint density at radius 1 is 0.765 bits per heavy atom. The number of allylic oxidation sites excluding steroid dienone is 6. The van der Waals surface area contributed by atoms with Crippen LogP contribution in [-0.2, 0) is 0 Å². The minimum absolute atomic E-state index is 1.19. The van der Waals surface area contributed by atoms with Gasteiger partial charge in [-0.25, -0.2) is 0 Å². The maximum Gasteiger partial charge on any atom is 0.00300 e. The van der Waals surface area contributed by atoms with E-state index < -0.39 is 0 Å². The monoisotopic (exact) mass is 346 g/mol. The first-order valence-corrected chi connectivity index (χ1v) is 8.09. The molecule has 17 heavy (non-hydrogen) atoms. The van der Waals surface area contributed by atoms with Gasteiger partial charge in [0.15, 0.2) is 0 Å². The molecule has 1 heteroatoms. The van der Waals surface area contributed by atoms with E-state index in [1.807, 2.05) is 0 Å². The zero-order valence-corrected chi connectivity index (χ0v) is 14.0. The number of halogens is 1. The Hall–Kier alpha value is -0.0500. The lowest BCUT2D eigenvalue weighted by Gasteiger charge is -2.01. The van der Waals surface area contributed by atoms with E-state index in [4.69, 9.17) is 0 Å². The summed E-state index contributed by atoms with van der Waals surface area (Å²) < 4.78 is 1.23. The molecule has 0 aromatic rings. The second kappa shape index (κ2) is 11.1. The molecule has 0 N–H and O–H groups in total. The van der Waals surface area contributed by atoms with Crippen molar-refractivity contribution in [3.05, 3.63) is 34.9 Å². The lowest BCUT2D eigenvalue weighted by molar-refractivity contribution is 0.914. The number of hydrogen-bond donors (Lipinski definition) is 0. The third-order valence-corrected chi connectivity index (χ3v) is 3.35. The summed E-state index contributed by atoms with van der Waals surface area (Å²) in [5.74, 6) is 0. The van der Waals surface area contributed by atoms with Gasteiger partial charge in [-0.1, -0.05) is 57.5 Å². The summed E-state index contributed by atoms with van der Waals surface area (Å²) >= 11 is 2.43. The van der Waals surface area contributed by atoms with Crippen LogP contribution in [-0.4, -0.2) is 4.43 Å². The van der Waals surface area contributed by atoms with E-state index in [0.717, 1.165) is 0 Å². The highest BCUT2D eigenvalue weighted by Crippen LogP contribution is 2.11. The van der Waals surface area contributed by atoms with Crippen LogP contribution in [0.3, 0.4) is 0 Å². The number of rotatable bonds is 8. The van der Waals surface area contributed by atoms with Crippen LogP contribution in [0.1, 0.15) is 59.8 Å². The van der Waals surface area contributed by atoms with Gasteiger partial charge in [0, 0.05) is 4.43 Å². The predicted molar refractivity (Wildman–Crippen MR) is 88.9 cm³/mol. The molecule has 0 rings (SSSR count). The minimum Gasteiger partial charge on any atom is -0.0860 e. The molecule has 0 radical (unpaired) electrons. The molecule has 0 aromatic heterocycles. The zero-order valence-electron chi connectivity index (χ0n) is 11.9. The standard InChI is InChI=1S/C16H27I/c1-14(2)8-5-9-15(3)10-6-11-16(4)12-7-13-17/h8,10,12H,5-7,9,11,13H2,1-4H3/b15-10?,16-12+. The largest absolute Gasteiger partial charge is 0.0860 e. The van der Waals surface area contributed by atoms with Crippen molar-refractivity contribution in [3.8, 4) is 0 Å². The van der Waals surface area contributed by atoms with Crippen LogP contribution in [0.5, 0.6) is 0 Å². The lowest BCUT2D eigenvalue weighted by atomic mass is 10.1. The first-order chi connectivity index (χ1) is 8.06. The van der Waals surface area contributed by atoms with Gasteiger partial charge in [0.25, 0.3) is 0 Å². The van der Waals surface area contributed by atoms with Crippen LogP contribution in [0.4, 0.5) is 0 Å². The van der Waals surface area contributed by atoms with Crippen LogP contribution >= 0.6 is 22.6 Å². The van der Waals surface area contributed by atoms with Crippen molar-refractivity contribution in [2.45, 2.75) is 59.8 Å². The molecule has 98 valence electrons. The highest BCUT2D eigenvalue weighted by molar-refractivity contribution is 14.1. The molecular weight excluding hydrogens is 319 g/mol. The number of hydrogen-bond acceptors (Lipinski definition) is 0. The van der Waals surface area contributed by atoms with E-state index in [0.29, 0.717) is 0 Å². The Balaban J connectivity index is 3.80. The molecular formula is C16H27I. The molecule has 0 aromatic carbocycles. The summed E-state index contributed by atoms with van der Waals surface area (Å²) in [6, 6.07) is 0. The van der Waals surface area contributed by atoms with Gasteiger partial charge >= 0.3 is 0 Å². The Kier molecular flexibility index (Phi) is 11.0. The van der Waals surface area contributed by atoms with Crippen LogP contribution in [0.15, 0.2) is 34.9 Å². The number of alkyl halides is 1. The van der Waals surface area contributed by atoms with Crippen molar-refractivity contribution in [1.29, 1.82) is 0 Å². The molecule has 0 spiro atoms. The SMILES string of the molecule is CC(C)=CCCC(C)=CCC/C(C)=C/CCI. The average Bonchev–Trinajstić information content (AvgIpc) is 2.25. The smallest absolute Gasteiger partial charge is 0.00300 e. The summed E-state index contributed by atoms with van der Waals surface area (Å²) in [6.07, 6.45) is 13.1. The molecule has 0 fully saturated rings. The third kappa shape index (κ3) is 12.2. The molecule has 0 aliphatic carbocycles. The fourth-order valence-electron chi connectivity index (χ4n) is 1.64. The van der Waals surface area contributed by atoms with Gasteiger partial charge in [0.1, 0.15) is 0 Å². The molecule has 0 nitrogen and oxygen atoms in total. The highest BCUT2D eigenvalue weighted by Gasteiger charge is 1.91. The normalized spacial score (nSPS) is 12.8. The van der Waals surface area contributed by atoms with Crippen molar-refractivity contribution in [3.63, 3.8) is 0 Å².